The molecule has 8 nitrogen and oxygen atoms in total. The van der Waals surface area contributed by atoms with Crippen molar-refractivity contribution in [3.63, 3.8) is 0 Å². The molecule has 0 aromatic heterocycles. The van der Waals surface area contributed by atoms with Gasteiger partial charge in [-0.15, -0.1) is 0 Å². The van der Waals surface area contributed by atoms with E-state index in [-0.39, 0.29) is 13.0 Å². The van der Waals surface area contributed by atoms with Crippen LogP contribution in [0.3, 0.4) is 0 Å². The number of rotatable bonds is 4. The van der Waals surface area contributed by atoms with Gasteiger partial charge in [0.05, 0.1) is 18.2 Å². The fourth-order valence-corrected chi connectivity index (χ4v) is 2.58. The molecule has 0 spiro atoms. The van der Waals surface area contributed by atoms with Gasteiger partial charge in [-0.1, -0.05) is 0 Å². The maximum Gasteiger partial charge on any atom is 0.323 e. The van der Waals surface area contributed by atoms with Crippen molar-refractivity contribution in [2.45, 2.75) is 37.5 Å². The third-order valence-corrected chi connectivity index (χ3v) is 3.59. The fraction of sp³-hybridized carbons (Fsp3) is 0.750. The van der Waals surface area contributed by atoms with Crippen molar-refractivity contribution < 1.29 is 24.6 Å². The number of nitrogens with zero attached hydrogens (tertiary/aromatic N) is 1. The van der Waals surface area contributed by atoms with Crippen molar-refractivity contribution >= 4 is 17.8 Å². The van der Waals surface area contributed by atoms with Crippen LogP contribution in [0.5, 0.6) is 0 Å². The molecule has 0 bridgehead atoms. The molecule has 0 aromatic rings. The molecule has 112 valence electrons. The average Bonchev–Trinajstić information content (AvgIpc) is 3.05. The van der Waals surface area contributed by atoms with Crippen LogP contribution in [0.4, 0.5) is 0 Å². The van der Waals surface area contributed by atoms with Crippen molar-refractivity contribution in [3.05, 3.63) is 0 Å². The Morgan fingerprint density at radius 3 is 2.35 bits per heavy atom. The minimum atomic E-state index is -1.23. The van der Waals surface area contributed by atoms with E-state index < -0.39 is 42.5 Å². The number of carboxylic acid groups (broad SMARTS) is 1. The van der Waals surface area contributed by atoms with E-state index in [9.17, 15) is 19.5 Å². The number of aliphatic hydroxyl groups is 1. The lowest BCUT2D eigenvalue weighted by molar-refractivity contribution is -0.154. The number of hydrogen-bond donors (Lipinski definition) is 4. The van der Waals surface area contributed by atoms with E-state index in [0.29, 0.717) is 13.0 Å². The van der Waals surface area contributed by atoms with E-state index >= 15 is 0 Å². The summed E-state index contributed by atoms with van der Waals surface area (Å²) in [7, 11) is 0. The van der Waals surface area contributed by atoms with Gasteiger partial charge in [0.1, 0.15) is 6.54 Å². The van der Waals surface area contributed by atoms with Gasteiger partial charge in [0.2, 0.25) is 11.8 Å². The lowest BCUT2D eigenvalue weighted by Gasteiger charge is -2.25. The van der Waals surface area contributed by atoms with Crippen molar-refractivity contribution in [2.75, 3.05) is 19.6 Å². The molecule has 2 saturated heterocycles. The highest BCUT2D eigenvalue weighted by Gasteiger charge is 2.37. The molecule has 2 aliphatic heterocycles. The van der Waals surface area contributed by atoms with Crippen LogP contribution in [0.25, 0.3) is 0 Å². The summed E-state index contributed by atoms with van der Waals surface area (Å²) in [6.45, 7) is 0.309. The largest absolute Gasteiger partial charge is 0.480 e. The van der Waals surface area contributed by atoms with Crippen LogP contribution in [0.15, 0.2) is 0 Å². The first-order valence-corrected chi connectivity index (χ1v) is 6.71. The van der Waals surface area contributed by atoms with E-state index in [0.717, 1.165) is 11.3 Å². The molecule has 8 heteroatoms. The highest BCUT2D eigenvalue weighted by Crippen LogP contribution is 2.13. The van der Waals surface area contributed by atoms with Crippen LogP contribution in [0, 0.1) is 0 Å². The molecule has 4 N–H and O–H groups in total. The van der Waals surface area contributed by atoms with E-state index in [1.807, 2.05) is 0 Å². The van der Waals surface area contributed by atoms with Crippen LogP contribution in [-0.4, -0.2) is 70.7 Å². The predicted octanol–water partition coefficient (Wildman–Crippen LogP) is -2.10. The Bertz CT molecular complexity index is 408. The van der Waals surface area contributed by atoms with Gasteiger partial charge in [0, 0.05) is 6.54 Å². The monoisotopic (exact) mass is 285 g/mol. The summed E-state index contributed by atoms with van der Waals surface area (Å²) in [5, 5.41) is 24.1. The number of aliphatic hydroxyl groups excluding tert-OH is 1. The van der Waals surface area contributed by atoms with Gasteiger partial charge in [-0.3, -0.25) is 19.3 Å². The molecule has 0 saturated carbocycles. The number of carboxylic acids is 1. The second kappa shape index (κ2) is 6.29. The van der Waals surface area contributed by atoms with Gasteiger partial charge < -0.3 is 20.8 Å². The Labute approximate surface area is 116 Å². The van der Waals surface area contributed by atoms with Crippen molar-refractivity contribution in [1.82, 2.24) is 15.5 Å². The topological polar surface area (TPSA) is 119 Å². The van der Waals surface area contributed by atoms with Crippen LogP contribution < -0.4 is 10.6 Å². The first-order valence-electron chi connectivity index (χ1n) is 6.71. The van der Waals surface area contributed by atoms with Crippen LogP contribution >= 0.6 is 0 Å². The number of aliphatic carboxylic acids is 1. The first kappa shape index (κ1) is 14.9. The molecule has 3 atom stereocenters. The maximum absolute atomic E-state index is 12.3. The van der Waals surface area contributed by atoms with Gasteiger partial charge in [0.15, 0.2) is 0 Å². The van der Waals surface area contributed by atoms with Crippen molar-refractivity contribution in [1.29, 1.82) is 0 Å². The molecule has 2 heterocycles. The Kier molecular flexibility index (Phi) is 4.69. The number of hydrogen-bond acceptors (Lipinski definition) is 6. The number of β-amino-alcohol motifs (C(OH)–C–C–N with tert-alkyl or cyclic N) is 1. The van der Waals surface area contributed by atoms with Gasteiger partial charge in [-0.2, -0.15) is 0 Å². The number of nitrogens with one attached hydrogen (secondary N) is 2. The molecule has 20 heavy (non-hydrogen) atoms. The SMILES string of the molecule is O=C(O)CN(C(=O)[C@@H]1CCCN1)C(=O)[C@@H]1C[C@@H](O)CN1. The zero-order valence-electron chi connectivity index (χ0n) is 11.0. The highest BCUT2D eigenvalue weighted by molar-refractivity contribution is 6.02. The first-order chi connectivity index (χ1) is 9.49. The second-order valence-corrected chi connectivity index (χ2v) is 5.16. The summed E-state index contributed by atoms with van der Waals surface area (Å²) in [6, 6.07) is -1.20. The fourth-order valence-electron chi connectivity index (χ4n) is 2.58. The Hall–Kier alpha value is -1.51. The third kappa shape index (κ3) is 3.33. The van der Waals surface area contributed by atoms with Crippen LogP contribution in [0.2, 0.25) is 0 Å². The smallest absolute Gasteiger partial charge is 0.323 e. The van der Waals surface area contributed by atoms with Crippen molar-refractivity contribution in [3.8, 4) is 0 Å². The standard InChI is InChI=1S/C12H19N3O5/c16-7-4-9(14-5-7)12(20)15(6-10(17)18)11(19)8-2-1-3-13-8/h7-9,13-14,16H,1-6H2,(H,17,18)/t7-,8+,9+/m1/s1. The number of carbonyl (C=O) groups excluding carboxylic acids is 2. The number of amides is 2. The lowest BCUT2D eigenvalue weighted by atomic mass is 10.1. The van der Waals surface area contributed by atoms with E-state index in [2.05, 4.69) is 10.6 Å². The molecule has 0 aliphatic carbocycles. The van der Waals surface area contributed by atoms with E-state index in [1.165, 1.54) is 0 Å². The molecule has 2 fully saturated rings. The summed E-state index contributed by atoms with van der Waals surface area (Å²) in [4.78, 5) is 36.2. The lowest BCUT2D eigenvalue weighted by Crippen LogP contribution is -2.53. The van der Waals surface area contributed by atoms with Gasteiger partial charge in [0.25, 0.3) is 0 Å². The molecular formula is C12H19N3O5. The van der Waals surface area contributed by atoms with Crippen LogP contribution in [0.1, 0.15) is 19.3 Å². The molecule has 0 radical (unpaired) electrons. The number of carbonyl (C=O) groups is 3. The Morgan fingerprint density at radius 1 is 1.15 bits per heavy atom. The zero-order valence-corrected chi connectivity index (χ0v) is 11.0. The highest BCUT2D eigenvalue weighted by atomic mass is 16.4. The van der Waals surface area contributed by atoms with Gasteiger partial charge in [-0.25, -0.2) is 0 Å². The Balaban J connectivity index is 2.07. The zero-order chi connectivity index (χ0) is 14.7. The number of imide groups is 1. The molecule has 2 rings (SSSR count). The quantitative estimate of drug-likeness (QED) is 0.437. The summed E-state index contributed by atoms with van der Waals surface area (Å²) in [6.07, 6.45) is 0.977. The Morgan fingerprint density at radius 2 is 1.85 bits per heavy atom. The molecule has 0 aromatic carbocycles. The molecular weight excluding hydrogens is 266 g/mol. The van der Waals surface area contributed by atoms with Gasteiger partial charge >= 0.3 is 5.97 Å². The molecule has 2 amide bonds. The van der Waals surface area contributed by atoms with E-state index in [4.69, 9.17) is 5.11 Å². The molecule has 2 aliphatic rings. The summed E-state index contributed by atoms with van der Waals surface area (Å²) in [5.74, 6) is -2.32. The average molecular weight is 285 g/mol. The maximum atomic E-state index is 12.3. The van der Waals surface area contributed by atoms with Crippen molar-refractivity contribution in [2.24, 2.45) is 0 Å². The normalized spacial score (nSPS) is 29.4. The second-order valence-electron chi connectivity index (χ2n) is 5.16. The minimum absolute atomic E-state index is 0.195. The molecule has 0 unspecified atom stereocenters. The van der Waals surface area contributed by atoms with Gasteiger partial charge in [-0.05, 0) is 25.8 Å². The summed E-state index contributed by atoms with van der Waals surface area (Å²) < 4.78 is 0. The summed E-state index contributed by atoms with van der Waals surface area (Å²) in [5.41, 5.74) is 0. The van der Waals surface area contributed by atoms with Crippen LogP contribution in [-0.2, 0) is 14.4 Å². The third-order valence-electron chi connectivity index (χ3n) is 3.59. The minimum Gasteiger partial charge on any atom is -0.480 e. The predicted molar refractivity (Wildman–Crippen MR) is 67.8 cm³/mol. The summed E-state index contributed by atoms with van der Waals surface area (Å²) >= 11 is 0. The van der Waals surface area contributed by atoms with E-state index in [1.54, 1.807) is 0 Å².